The molecular weight excluding hydrogens is 762 g/mol. The van der Waals surface area contributed by atoms with Crippen LogP contribution >= 0.6 is 19.7 Å². The fourth-order valence-electron chi connectivity index (χ4n) is 9.75. The van der Waals surface area contributed by atoms with Gasteiger partial charge in [0.2, 0.25) is 0 Å². The van der Waals surface area contributed by atoms with Gasteiger partial charge in [0.05, 0.1) is 0 Å². The number of anilines is 1. The number of fused-ring (bicyclic) bond motifs is 5. The first-order valence-corrected chi connectivity index (χ1v) is 24.8. The molecule has 6 aromatic rings. The van der Waals surface area contributed by atoms with Gasteiger partial charge in [0.1, 0.15) is 0 Å². The van der Waals surface area contributed by atoms with Crippen molar-refractivity contribution in [3.63, 3.8) is 0 Å². The van der Waals surface area contributed by atoms with Gasteiger partial charge in [0, 0.05) is 28.3 Å². The van der Waals surface area contributed by atoms with Gasteiger partial charge in [-0.25, -0.2) is 0 Å². The largest absolute Gasteiger partial charge is 0.384 e. The van der Waals surface area contributed by atoms with E-state index in [2.05, 4.69) is 204 Å². The molecule has 0 unspecified atom stereocenters. The van der Waals surface area contributed by atoms with E-state index in [1.165, 1.54) is 72.6 Å². The number of nitrogens with one attached hydrogen (secondary N) is 1. The molecule has 0 bridgehead atoms. The molecule has 2 aliphatic rings. The third-order valence-corrected chi connectivity index (χ3v) is 16.7. The van der Waals surface area contributed by atoms with Crippen LogP contribution in [0.25, 0.3) is 10.8 Å². The minimum absolute atomic E-state index is 0.0140. The van der Waals surface area contributed by atoms with Gasteiger partial charge in [-0.05, 0) is 145 Å². The lowest BCUT2D eigenvalue weighted by atomic mass is 9.76. The highest BCUT2D eigenvalue weighted by Crippen LogP contribution is 2.56. The Morgan fingerprint density at radius 1 is 0.517 bits per heavy atom. The van der Waals surface area contributed by atoms with Gasteiger partial charge >= 0.3 is 0 Å². The molecule has 2 aliphatic carbocycles. The van der Waals surface area contributed by atoms with Gasteiger partial charge in [-0.2, -0.15) is 0 Å². The van der Waals surface area contributed by atoms with Crippen LogP contribution in [-0.2, 0) is 39.9 Å². The molecule has 1 nitrogen and oxygen atoms in total. The molecule has 60 heavy (non-hydrogen) atoms. The second-order valence-electron chi connectivity index (χ2n) is 21.9. The SMILES string of the molecule is CC(C)(C)c1cc(P(c2cc(C(C)(C)C)cc(C(C)(C)C)c2)c2cccc3c2[C@]2(CCc4cccc(NCCSc5ccc6ccccc6c5)c42)CC3)cc(C(C)(C)C)c1. The molecule has 0 aliphatic heterocycles. The molecule has 1 atom stereocenters. The van der Waals surface area contributed by atoms with E-state index < -0.39 is 7.92 Å². The zero-order chi connectivity index (χ0) is 42.8. The van der Waals surface area contributed by atoms with Crippen LogP contribution in [0.2, 0.25) is 0 Å². The minimum Gasteiger partial charge on any atom is -0.384 e. The average Bonchev–Trinajstić information content (AvgIpc) is 3.76. The van der Waals surface area contributed by atoms with E-state index in [4.69, 9.17) is 0 Å². The van der Waals surface area contributed by atoms with Crippen molar-refractivity contribution in [3.8, 4) is 0 Å². The van der Waals surface area contributed by atoms with Crippen molar-refractivity contribution in [2.45, 2.75) is 141 Å². The van der Waals surface area contributed by atoms with Crippen LogP contribution in [0, 0.1) is 0 Å². The van der Waals surface area contributed by atoms with Crippen molar-refractivity contribution < 1.29 is 0 Å². The van der Waals surface area contributed by atoms with Crippen molar-refractivity contribution >= 4 is 52.1 Å². The fourth-order valence-corrected chi connectivity index (χ4v) is 13.3. The topological polar surface area (TPSA) is 12.0 Å². The highest BCUT2D eigenvalue weighted by molar-refractivity contribution is 7.99. The number of rotatable bonds is 8. The zero-order valence-electron chi connectivity index (χ0n) is 38.6. The van der Waals surface area contributed by atoms with E-state index in [1.807, 2.05) is 11.8 Å². The van der Waals surface area contributed by atoms with Gasteiger partial charge in [-0.1, -0.05) is 180 Å². The van der Waals surface area contributed by atoms with Crippen LogP contribution in [0.1, 0.15) is 140 Å². The summed E-state index contributed by atoms with van der Waals surface area (Å²) in [6.45, 7) is 29.6. The van der Waals surface area contributed by atoms with Crippen LogP contribution in [0.3, 0.4) is 0 Å². The Labute approximate surface area is 368 Å². The Kier molecular flexibility index (Phi) is 11.3. The normalized spacial score (nSPS) is 16.8. The molecule has 0 aromatic heterocycles. The summed E-state index contributed by atoms with van der Waals surface area (Å²) in [5, 5.41) is 11.2. The minimum atomic E-state index is -0.919. The lowest BCUT2D eigenvalue weighted by Gasteiger charge is -2.35. The molecule has 0 saturated heterocycles. The van der Waals surface area contributed by atoms with E-state index in [-0.39, 0.29) is 27.1 Å². The quantitative estimate of drug-likeness (QED) is 0.0932. The Morgan fingerprint density at radius 2 is 1.02 bits per heavy atom. The molecule has 0 amide bonds. The van der Waals surface area contributed by atoms with Gasteiger partial charge in [0.25, 0.3) is 0 Å². The van der Waals surface area contributed by atoms with E-state index in [9.17, 15) is 0 Å². The fraction of sp³-hybridized carbons (Fsp3) is 0.404. The first-order chi connectivity index (χ1) is 28.2. The number of benzene rings is 6. The highest BCUT2D eigenvalue weighted by atomic mass is 32.2. The van der Waals surface area contributed by atoms with Crippen LogP contribution in [0.4, 0.5) is 5.69 Å². The number of hydrogen-bond donors (Lipinski definition) is 1. The van der Waals surface area contributed by atoms with Crippen LogP contribution in [-0.4, -0.2) is 12.3 Å². The summed E-state index contributed by atoms with van der Waals surface area (Å²) >= 11 is 1.95. The van der Waals surface area contributed by atoms with Gasteiger partial charge in [-0.3, -0.25) is 0 Å². The predicted octanol–water partition coefficient (Wildman–Crippen LogP) is 14.2. The standard InChI is InChI=1S/C57H68NPS/c1-53(2,3)42-32-43(54(4,5)6)35-46(34-42)59(47-36-44(55(7,8)9)33-45(37-47)56(10,11)12)50-22-16-20-40-26-28-57(52(40)50)27-25-39-19-15-21-49(51(39)57)58-29-30-60-48-24-23-38-17-13-14-18-41(38)31-48/h13-24,31-37,58H,25-30H2,1-12H3/t57-/m1/s1. The van der Waals surface area contributed by atoms with Gasteiger partial charge in [0.15, 0.2) is 0 Å². The third-order valence-electron chi connectivity index (χ3n) is 13.3. The highest BCUT2D eigenvalue weighted by Gasteiger charge is 2.48. The zero-order valence-corrected chi connectivity index (χ0v) is 40.3. The lowest BCUT2D eigenvalue weighted by Crippen LogP contribution is -2.33. The second-order valence-corrected chi connectivity index (χ2v) is 25.2. The predicted molar refractivity (Wildman–Crippen MR) is 267 cm³/mol. The molecule has 0 saturated carbocycles. The van der Waals surface area contributed by atoms with E-state index in [1.54, 1.807) is 22.0 Å². The molecule has 8 rings (SSSR count). The van der Waals surface area contributed by atoms with Crippen molar-refractivity contribution in [2.75, 3.05) is 17.6 Å². The van der Waals surface area contributed by atoms with E-state index in [0.29, 0.717) is 0 Å². The summed E-state index contributed by atoms with van der Waals surface area (Å²) < 4.78 is 0. The molecule has 0 radical (unpaired) electrons. The molecule has 3 heteroatoms. The van der Waals surface area contributed by atoms with Crippen molar-refractivity contribution in [3.05, 3.63) is 160 Å². The summed E-state index contributed by atoms with van der Waals surface area (Å²) in [5.74, 6) is 1.02. The molecule has 0 fully saturated rings. The average molecular weight is 830 g/mol. The number of aryl methyl sites for hydroxylation is 2. The summed E-state index contributed by atoms with van der Waals surface area (Å²) in [4.78, 5) is 1.34. The summed E-state index contributed by atoms with van der Waals surface area (Å²) in [7, 11) is -0.919. The Hall–Kier alpha value is -3.84. The van der Waals surface area contributed by atoms with Crippen LogP contribution in [0.5, 0.6) is 0 Å². The summed E-state index contributed by atoms with van der Waals surface area (Å²) in [6.07, 6.45) is 4.60. The molecule has 1 spiro atoms. The molecule has 6 aromatic carbocycles. The van der Waals surface area contributed by atoms with Gasteiger partial charge in [-0.15, -0.1) is 11.8 Å². The Bertz CT molecular complexity index is 2410. The second kappa shape index (κ2) is 15.8. The molecular formula is C57H68NPS. The number of hydrogen-bond acceptors (Lipinski definition) is 2. The maximum Gasteiger partial charge on any atom is 0.0384 e. The number of thioether (sulfide) groups is 1. The third kappa shape index (κ3) is 8.38. The first-order valence-electron chi connectivity index (χ1n) is 22.4. The molecule has 0 heterocycles. The Morgan fingerprint density at radius 3 is 1.55 bits per heavy atom. The van der Waals surface area contributed by atoms with E-state index in [0.717, 1.165) is 25.1 Å². The maximum absolute atomic E-state index is 4.03. The van der Waals surface area contributed by atoms with Crippen molar-refractivity contribution in [1.82, 2.24) is 0 Å². The maximum atomic E-state index is 4.03. The molecule has 312 valence electrons. The van der Waals surface area contributed by atoms with Crippen LogP contribution < -0.4 is 21.2 Å². The monoisotopic (exact) mass is 829 g/mol. The lowest BCUT2D eigenvalue weighted by molar-refractivity contribution is 0.510. The smallest absolute Gasteiger partial charge is 0.0384 e. The first kappa shape index (κ1) is 42.8. The van der Waals surface area contributed by atoms with E-state index >= 15 is 0 Å². The van der Waals surface area contributed by atoms with Crippen molar-refractivity contribution in [1.29, 1.82) is 0 Å². The van der Waals surface area contributed by atoms with Crippen LogP contribution in [0.15, 0.2) is 120 Å². The van der Waals surface area contributed by atoms with Crippen molar-refractivity contribution in [2.24, 2.45) is 0 Å². The van der Waals surface area contributed by atoms with Gasteiger partial charge < -0.3 is 5.32 Å². The summed E-state index contributed by atoms with van der Waals surface area (Å²) in [6, 6.07) is 45.5. The molecule has 1 N–H and O–H groups in total. The summed E-state index contributed by atoms with van der Waals surface area (Å²) in [5.41, 5.74) is 13.4. The Balaban J connectivity index is 1.27.